The Morgan fingerprint density at radius 2 is 1.86 bits per heavy atom. The molecule has 4 rings (SSSR count). The predicted octanol–water partition coefficient (Wildman–Crippen LogP) is 4.91. The smallest absolute Gasteiger partial charge is 0.307 e. The van der Waals surface area contributed by atoms with E-state index in [9.17, 15) is 9.18 Å². The molecular formula is C23H17FN2O3. The van der Waals surface area contributed by atoms with Crippen molar-refractivity contribution in [1.29, 1.82) is 0 Å². The molecule has 0 aliphatic heterocycles. The van der Waals surface area contributed by atoms with Crippen molar-refractivity contribution >= 4 is 23.1 Å². The first-order valence-electron chi connectivity index (χ1n) is 8.97. The van der Waals surface area contributed by atoms with Gasteiger partial charge in [0.2, 0.25) is 0 Å². The maximum Gasteiger partial charge on any atom is 0.307 e. The second-order valence-corrected chi connectivity index (χ2v) is 6.30. The lowest BCUT2D eigenvalue weighted by Crippen LogP contribution is -2.16. The fourth-order valence-electron chi connectivity index (χ4n) is 2.82. The third kappa shape index (κ3) is 4.50. The lowest BCUT2D eigenvalue weighted by atomic mass is 10.2. The average molecular weight is 388 g/mol. The topological polar surface area (TPSA) is 63.8 Å². The van der Waals surface area contributed by atoms with E-state index in [2.05, 4.69) is 10.5 Å². The zero-order chi connectivity index (χ0) is 20.1. The van der Waals surface area contributed by atoms with Crippen LogP contribution >= 0.6 is 0 Å². The number of furan rings is 1. The van der Waals surface area contributed by atoms with Crippen molar-refractivity contribution in [1.82, 2.24) is 5.43 Å². The highest BCUT2D eigenvalue weighted by molar-refractivity contribution is 5.96. The molecule has 1 amide bonds. The van der Waals surface area contributed by atoms with Gasteiger partial charge in [0.25, 0.3) is 0 Å². The monoisotopic (exact) mass is 388 g/mol. The van der Waals surface area contributed by atoms with Crippen LogP contribution in [0.25, 0.3) is 11.0 Å². The van der Waals surface area contributed by atoms with Crippen molar-refractivity contribution in [2.24, 2.45) is 5.10 Å². The van der Waals surface area contributed by atoms with Crippen LogP contribution < -0.4 is 10.2 Å². The van der Waals surface area contributed by atoms with Crippen LogP contribution in [-0.2, 0) is 6.61 Å². The van der Waals surface area contributed by atoms with Crippen LogP contribution in [0.15, 0.2) is 88.4 Å². The molecule has 0 unspecified atom stereocenters. The third-order valence-corrected chi connectivity index (χ3v) is 4.22. The molecule has 1 N–H and O–H groups in total. The Bertz CT molecular complexity index is 1150. The third-order valence-electron chi connectivity index (χ3n) is 4.22. The molecule has 0 saturated heterocycles. The highest BCUT2D eigenvalue weighted by Gasteiger charge is 2.11. The van der Waals surface area contributed by atoms with E-state index in [0.717, 1.165) is 10.9 Å². The zero-order valence-corrected chi connectivity index (χ0v) is 15.3. The predicted molar refractivity (Wildman–Crippen MR) is 108 cm³/mol. The minimum atomic E-state index is -0.449. The summed E-state index contributed by atoms with van der Waals surface area (Å²) in [7, 11) is 0. The molecule has 0 aliphatic carbocycles. The molecule has 0 aliphatic rings. The average Bonchev–Trinajstić information content (AvgIpc) is 3.17. The number of hydrogen-bond donors (Lipinski definition) is 1. The number of carbonyl (C=O) groups is 1. The van der Waals surface area contributed by atoms with E-state index >= 15 is 0 Å². The molecule has 0 radical (unpaired) electrons. The van der Waals surface area contributed by atoms with Crippen LogP contribution in [0.1, 0.15) is 21.7 Å². The summed E-state index contributed by atoms with van der Waals surface area (Å²) >= 11 is 0. The van der Waals surface area contributed by atoms with E-state index in [-0.39, 0.29) is 18.2 Å². The maximum absolute atomic E-state index is 13.3. The van der Waals surface area contributed by atoms with Crippen molar-refractivity contribution in [3.05, 3.63) is 102 Å². The van der Waals surface area contributed by atoms with Gasteiger partial charge in [0.15, 0.2) is 5.76 Å². The summed E-state index contributed by atoms with van der Waals surface area (Å²) in [5.41, 5.74) is 4.48. The minimum Gasteiger partial charge on any atom is -0.488 e. The SMILES string of the molecule is O=C(N/N=C/c1ccccc1OCc1cccc(F)c1)c1cc2ccccc2o1. The second kappa shape index (κ2) is 8.39. The zero-order valence-electron chi connectivity index (χ0n) is 15.3. The Morgan fingerprint density at radius 3 is 2.72 bits per heavy atom. The van der Waals surface area contributed by atoms with E-state index in [4.69, 9.17) is 9.15 Å². The summed E-state index contributed by atoms with van der Waals surface area (Å²) in [5.74, 6) is -0.0117. The summed E-state index contributed by atoms with van der Waals surface area (Å²) in [6.45, 7) is 0.216. The minimum absolute atomic E-state index is 0.180. The molecule has 144 valence electrons. The number of nitrogens with zero attached hydrogens (tertiary/aromatic N) is 1. The molecule has 1 aromatic heterocycles. The quantitative estimate of drug-likeness (QED) is 0.377. The van der Waals surface area contributed by atoms with E-state index in [1.807, 2.05) is 30.3 Å². The van der Waals surface area contributed by atoms with Crippen LogP contribution in [-0.4, -0.2) is 12.1 Å². The van der Waals surface area contributed by atoms with Crippen molar-refractivity contribution in [2.45, 2.75) is 6.61 Å². The molecule has 29 heavy (non-hydrogen) atoms. The highest BCUT2D eigenvalue weighted by Crippen LogP contribution is 2.19. The molecule has 5 nitrogen and oxygen atoms in total. The molecule has 4 aromatic rings. The van der Waals surface area contributed by atoms with Crippen LogP contribution in [0.5, 0.6) is 5.75 Å². The summed E-state index contributed by atoms with van der Waals surface area (Å²) in [5, 5.41) is 4.84. The molecule has 0 saturated carbocycles. The first-order valence-corrected chi connectivity index (χ1v) is 8.97. The highest BCUT2D eigenvalue weighted by atomic mass is 19.1. The number of hydrazone groups is 1. The number of para-hydroxylation sites is 2. The fourth-order valence-corrected chi connectivity index (χ4v) is 2.82. The van der Waals surface area contributed by atoms with Gasteiger partial charge in [-0.05, 0) is 42.0 Å². The van der Waals surface area contributed by atoms with E-state index in [1.165, 1.54) is 18.3 Å². The number of rotatable bonds is 6. The van der Waals surface area contributed by atoms with Gasteiger partial charge < -0.3 is 9.15 Å². The summed E-state index contributed by atoms with van der Waals surface area (Å²) in [4.78, 5) is 12.2. The van der Waals surface area contributed by atoms with Gasteiger partial charge in [0, 0.05) is 10.9 Å². The lowest BCUT2D eigenvalue weighted by molar-refractivity contribution is 0.0929. The summed E-state index contributed by atoms with van der Waals surface area (Å²) in [6, 6.07) is 22.5. The van der Waals surface area contributed by atoms with Crippen LogP contribution in [0.2, 0.25) is 0 Å². The Labute approximate surface area is 166 Å². The Hall–Kier alpha value is -3.93. The normalized spacial score (nSPS) is 11.1. The number of fused-ring (bicyclic) bond motifs is 1. The molecule has 0 atom stereocenters. The lowest BCUT2D eigenvalue weighted by Gasteiger charge is -2.09. The first kappa shape index (κ1) is 18.4. The number of benzene rings is 3. The standard InChI is InChI=1S/C23H17FN2O3/c24-19-9-5-6-16(12-19)15-28-20-10-3-2-8-18(20)14-25-26-23(27)22-13-17-7-1-4-11-21(17)29-22/h1-14H,15H2,(H,26,27)/b25-14+. The van der Waals surface area contributed by atoms with Crippen LogP contribution in [0.3, 0.4) is 0 Å². The van der Waals surface area contributed by atoms with Gasteiger partial charge in [0.05, 0.1) is 6.21 Å². The van der Waals surface area contributed by atoms with Crippen molar-refractivity contribution in [3.63, 3.8) is 0 Å². The Balaban J connectivity index is 1.42. The molecule has 0 spiro atoms. The molecule has 3 aromatic carbocycles. The number of hydrogen-bond acceptors (Lipinski definition) is 4. The van der Waals surface area contributed by atoms with E-state index in [0.29, 0.717) is 16.9 Å². The van der Waals surface area contributed by atoms with Gasteiger partial charge in [-0.3, -0.25) is 4.79 Å². The fraction of sp³-hybridized carbons (Fsp3) is 0.0435. The van der Waals surface area contributed by atoms with E-state index in [1.54, 1.807) is 36.4 Å². The largest absolute Gasteiger partial charge is 0.488 e. The van der Waals surface area contributed by atoms with Gasteiger partial charge in [-0.25, -0.2) is 9.82 Å². The number of amides is 1. The molecule has 6 heteroatoms. The molecule has 1 heterocycles. The van der Waals surface area contributed by atoms with Crippen LogP contribution in [0, 0.1) is 5.82 Å². The second-order valence-electron chi connectivity index (χ2n) is 6.30. The Kier molecular flexibility index (Phi) is 5.33. The van der Waals surface area contributed by atoms with Crippen LogP contribution in [0.4, 0.5) is 4.39 Å². The van der Waals surface area contributed by atoms with Gasteiger partial charge in [-0.1, -0.05) is 42.5 Å². The summed E-state index contributed by atoms with van der Waals surface area (Å²) in [6.07, 6.45) is 1.49. The molecule has 0 fully saturated rings. The van der Waals surface area contributed by atoms with Gasteiger partial charge in [0.1, 0.15) is 23.8 Å². The van der Waals surface area contributed by atoms with Gasteiger partial charge in [-0.2, -0.15) is 5.10 Å². The molecular weight excluding hydrogens is 371 g/mol. The number of halogens is 1. The Morgan fingerprint density at radius 1 is 1.03 bits per heavy atom. The number of carbonyl (C=O) groups excluding carboxylic acids is 1. The number of nitrogens with one attached hydrogen (secondary N) is 1. The summed E-state index contributed by atoms with van der Waals surface area (Å²) < 4.78 is 24.6. The van der Waals surface area contributed by atoms with E-state index < -0.39 is 5.91 Å². The maximum atomic E-state index is 13.3. The van der Waals surface area contributed by atoms with Gasteiger partial charge in [-0.15, -0.1) is 0 Å². The number of ether oxygens (including phenoxy) is 1. The van der Waals surface area contributed by atoms with Gasteiger partial charge >= 0.3 is 5.91 Å². The molecule has 0 bridgehead atoms. The van der Waals surface area contributed by atoms with Crippen molar-refractivity contribution in [2.75, 3.05) is 0 Å². The first-order chi connectivity index (χ1) is 14.2. The van der Waals surface area contributed by atoms with Crippen molar-refractivity contribution < 1.29 is 18.3 Å². The van der Waals surface area contributed by atoms with Crippen molar-refractivity contribution in [3.8, 4) is 5.75 Å².